The first-order valence-electron chi connectivity index (χ1n) is 7.11. The number of aryl methyl sites for hydroxylation is 1. The third-order valence-corrected chi connectivity index (χ3v) is 3.59. The van der Waals surface area contributed by atoms with Gasteiger partial charge in [0.15, 0.2) is 0 Å². The van der Waals surface area contributed by atoms with Crippen molar-refractivity contribution in [2.75, 3.05) is 23.7 Å². The molecule has 1 aromatic heterocycles. The van der Waals surface area contributed by atoms with Crippen molar-refractivity contribution < 1.29 is 0 Å². The second-order valence-corrected chi connectivity index (χ2v) is 5.14. The Labute approximate surface area is 110 Å². The Hall–Kier alpha value is -1.32. The zero-order chi connectivity index (χ0) is 12.8. The first kappa shape index (κ1) is 13.1. The Morgan fingerprint density at radius 2 is 2.00 bits per heavy atom. The van der Waals surface area contributed by atoms with E-state index in [0.29, 0.717) is 5.95 Å². The van der Waals surface area contributed by atoms with Gasteiger partial charge in [-0.3, -0.25) is 0 Å². The van der Waals surface area contributed by atoms with Crippen LogP contribution < -0.4 is 10.6 Å². The number of nitrogens with one attached hydrogen (secondary N) is 2. The van der Waals surface area contributed by atoms with Gasteiger partial charge in [-0.15, -0.1) is 0 Å². The van der Waals surface area contributed by atoms with E-state index in [2.05, 4.69) is 34.4 Å². The minimum absolute atomic E-state index is 0.717. The van der Waals surface area contributed by atoms with Gasteiger partial charge in [0.05, 0.1) is 0 Å². The monoisotopic (exact) mass is 248 g/mol. The molecule has 1 aliphatic rings. The highest BCUT2D eigenvalue weighted by atomic mass is 15.1. The second kappa shape index (κ2) is 6.57. The van der Waals surface area contributed by atoms with Crippen LogP contribution in [0.3, 0.4) is 0 Å². The van der Waals surface area contributed by atoms with E-state index >= 15 is 0 Å². The topological polar surface area (TPSA) is 49.8 Å². The average Bonchev–Trinajstić information content (AvgIpc) is 2.41. The highest BCUT2D eigenvalue weighted by molar-refractivity contribution is 5.46. The molecule has 0 atom stereocenters. The number of rotatable bonds is 5. The third-order valence-electron chi connectivity index (χ3n) is 3.59. The lowest BCUT2D eigenvalue weighted by molar-refractivity contribution is 0.373. The molecule has 4 nitrogen and oxygen atoms in total. The van der Waals surface area contributed by atoms with Crippen LogP contribution in [0.15, 0.2) is 6.20 Å². The van der Waals surface area contributed by atoms with Crippen molar-refractivity contribution in [2.45, 2.75) is 46.0 Å². The summed E-state index contributed by atoms with van der Waals surface area (Å²) in [5.41, 5.74) is 1.12. The van der Waals surface area contributed by atoms with Gasteiger partial charge in [-0.1, -0.05) is 19.3 Å². The van der Waals surface area contributed by atoms with Crippen molar-refractivity contribution in [1.29, 1.82) is 0 Å². The lowest BCUT2D eigenvalue weighted by Crippen LogP contribution is -2.18. The average molecular weight is 248 g/mol. The van der Waals surface area contributed by atoms with E-state index in [9.17, 15) is 0 Å². The molecule has 1 aliphatic carbocycles. The molecule has 18 heavy (non-hydrogen) atoms. The van der Waals surface area contributed by atoms with E-state index in [-0.39, 0.29) is 0 Å². The molecular formula is C14H24N4. The van der Waals surface area contributed by atoms with E-state index < -0.39 is 0 Å². The van der Waals surface area contributed by atoms with Gasteiger partial charge in [-0.25, -0.2) is 4.98 Å². The van der Waals surface area contributed by atoms with E-state index in [1.165, 1.54) is 32.1 Å². The van der Waals surface area contributed by atoms with Gasteiger partial charge >= 0.3 is 0 Å². The number of nitrogens with zero attached hydrogens (tertiary/aromatic N) is 2. The highest BCUT2D eigenvalue weighted by Gasteiger charge is 2.13. The van der Waals surface area contributed by atoms with E-state index in [1.807, 2.05) is 6.20 Å². The Morgan fingerprint density at radius 1 is 1.22 bits per heavy atom. The molecule has 1 fully saturated rings. The SMILES string of the molecule is CCNc1ncc(C)c(NCC2CCCCC2)n1. The maximum Gasteiger partial charge on any atom is 0.224 e. The molecule has 4 heteroatoms. The minimum atomic E-state index is 0.717. The molecule has 1 aromatic rings. The van der Waals surface area contributed by atoms with Crippen LogP contribution in [0, 0.1) is 12.8 Å². The summed E-state index contributed by atoms with van der Waals surface area (Å²) in [6.45, 7) is 6.01. The molecule has 0 unspecified atom stereocenters. The zero-order valence-electron chi connectivity index (χ0n) is 11.5. The second-order valence-electron chi connectivity index (χ2n) is 5.14. The first-order chi connectivity index (χ1) is 8.79. The Bertz CT molecular complexity index is 372. The zero-order valence-corrected chi connectivity index (χ0v) is 11.5. The summed E-state index contributed by atoms with van der Waals surface area (Å²) in [7, 11) is 0. The quantitative estimate of drug-likeness (QED) is 0.840. The fraction of sp³-hybridized carbons (Fsp3) is 0.714. The molecule has 0 amide bonds. The van der Waals surface area contributed by atoms with Crippen LogP contribution in [0.25, 0.3) is 0 Å². The standard InChI is InChI=1S/C14H24N4/c1-3-15-14-17-9-11(2)13(18-14)16-10-12-7-5-4-6-8-12/h9,12H,3-8,10H2,1-2H3,(H2,15,16,17,18). The maximum atomic E-state index is 4.51. The van der Waals surface area contributed by atoms with Gasteiger partial charge in [0.1, 0.15) is 5.82 Å². The normalized spacial score (nSPS) is 16.6. The van der Waals surface area contributed by atoms with E-state index in [1.54, 1.807) is 0 Å². The summed E-state index contributed by atoms with van der Waals surface area (Å²) in [6, 6.07) is 0. The largest absolute Gasteiger partial charge is 0.369 e. The van der Waals surface area contributed by atoms with Crippen LogP contribution >= 0.6 is 0 Å². The smallest absolute Gasteiger partial charge is 0.224 e. The predicted octanol–water partition coefficient (Wildman–Crippen LogP) is 3.21. The molecule has 2 rings (SSSR count). The van der Waals surface area contributed by atoms with Crippen LogP contribution in [0.5, 0.6) is 0 Å². The number of aromatic nitrogens is 2. The maximum absolute atomic E-state index is 4.51. The molecule has 1 heterocycles. The summed E-state index contributed by atoms with van der Waals surface area (Å²) in [5, 5.41) is 6.64. The lowest BCUT2D eigenvalue weighted by atomic mass is 9.89. The number of hydrogen-bond acceptors (Lipinski definition) is 4. The number of anilines is 2. The Kier molecular flexibility index (Phi) is 4.79. The molecule has 2 N–H and O–H groups in total. The van der Waals surface area contributed by atoms with Crippen LogP contribution in [-0.2, 0) is 0 Å². The van der Waals surface area contributed by atoms with E-state index in [4.69, 9.17) is 0 Å². The van der Waals surface area contributed by atoms with Crippen molar-refractivity contribution in [3.63, 3.8) is 0 Å². The van der Waals surface area contributed by atoms with Gasteiger partial charge in [-0.05, 0) is 32.6 Å². The van der Waals surface area contributed by atoms with Crippen molar-refractivity contribution >= 4 is 11.8 Å². The van der Waals surface area contributed by atoms with Crippen molar-refractivity contribution in [3.05, 3.63) is 11.8 Å². The van der Waals surface area contributed by atoms with Crippen LogP contribution in [0.4, 0.5) is 11.8 Å². The molecule has 0 aromatic carbocycles. The fourth-order valence-electron chi connectivity index (χ4n) is 2.50. The minimum Gasteiger partial charge on any atom is -0.369 e. The van der Waals surface area contributed by atoms with Crippen molar-refractivity contribution in [1.82, 2.24) is 9.97 Å². The van der Waals surface area contributed by atoms with Gasteiger partial charge < -0.3 is 10.6 Å². The van der Waals surface area contributed by atoms with Crippen LogP contribution in [-0.4, -0.2) is 23.1 Å². The molecule has 0 spiro atoms. The van der Waals surface area contributed by atoms with Gasteiger partial charge in [0.2, 0.25) is 5.95 Å². The summed E-state index contributed by atoms with van der Waals surface area (Å²) in [6.07, 6.45) is 8.78. The van der Waals surface area contributed by atoms with Crippen LogP contribution in [0.1, 0.15) is 44.6 Å². The predicted molar refractivity (Wildman–Crippen MR) is 76.0 cm³/mol. The van der Waals surface area contributed by atoms with Gasteiger partial charge in [0, 0.05) is 24.8 Å². The molecule has 1 saturated carbocycles. The third kappa shape index (κ3) is 3.59. The molecule has 0 bridgehead atoms. The summed E-state index contributed by atoms with van der Waals surface area (Å²) in [4.78, 5) is 8.77. The van der Waals surface area contributed by atoms with E-state index in [0.717, 1.165) is 30.4 Å². The lowest BCUT2D eigenvalue weighted by Gasteiger charge is -2.22. The summed E-state index contributed by atoms with van der Waals surface area (Å²) in [5.74, 6) is 2.51. The Balaban J connectivity index is 1.92. The first-order valence-corrected chi connectivity index (χ1v) is 7.11. The molecular weight excluding hydrogens is 224 g/mol. The van der Waals surface area contributed by atoms with Crippen LogP contribution in [0.2, 0.25) is 0 Å². The number of hydrogen-bond donors (Lipinski definition) is 2. The van der Waals surface area contributed by atoms with Gasteiger partial charge in [0.25, 0.3) is 0 Å². The van der Waals surface area contributed by atoms with Crippen molar-refractivity contribution in [3.8, 4) is 0 Å². The molecule has 0 aliphatic heterocycles. The summed E-state index contributed by atoms with van der Waals surface area (Å²) < 4.78 is 0. The molecule has 0 radical (unpaired) electrons. The molecule has 0 saturated heterocycles. The highest BCUT2D eigenvalue weighted by Crippen LogP contribution is 2.24. The molecule has 100 valence electrons. The van der Waals surface area contributed by atoms with Gasteiger partial charge in [-0.2, -0.15) is 4.98 Å². The van der Waals surface area contributed by atoms with Crippen molar-refractivity contribution in [2.24, 2.45) is 5.92 Å². The fourth-order valence-corrected chi connectivity index (χ4v) is 2.50. The summed E-state index contributed by atoms with van der Waals surface area (Å²) >= 11 is 0. The Morgan fingerprint density at radius 3 is 2.72 bits per heavy atom.